The molecule has 3 aromatic rings. The van der Waals surface area contributed by atoms with E-state index in [1.54, 1.807) is 7.05 Å². The topological polar surface area (TPSA) is 143 Å². The Hall–Kier alpha value is -3.49. The number of fused-ring (bicyclic) bond motifs is 1. The van der Waals surface area contributed by atoms with Gasteiger partial charge in [-0.05, 0) is 18.2 Å². The number of hydrogen-bond acceptors (Lipinski definition) is 9. The molecule has 4 rings (SSSR count). The quantitative estimate of drug-likeness (QED) is 0.473. The van der Waals surface area contributed by atoms with Gasteiger partial charge in [0.05, 0.1) is 33.7 Å². The van der Waals surface area contributed by atoms with E-state index in [0.717, 1.165) is 17.4 Å². The lowest BCUT2D eigenvalue weighted by Crippen LogP contribution is -2.39. The number of nitrogens with one attached hydrogen (secondary N) is 3. The van der Waals surface area contributed by atoms with E-state index < -0.39 is 27.8 Å². The maximum atomic E-state index is 14.1. The third-order valence-electron chi connectivity index (χ3n) is 4.38. The molecule has 0 radical (unpaired) electrons. The molecule has 3 heterocycles. The van der Waals surface area contributed by atoms with Crippen molar-refractivity contribution in [2.45, 2.75) is 4.21 Å². The SMILES string of the molecule is CNc1cc2c(cc1F)C(=O)N(c1cnc(NC(=O)NS(=O)(=O)c3ccc(Cl)s3)nc1)CO2. The molecule has 1 aromatic carbocycles. The second-order valence-corrected chi connectivity index (χ2v) is 10.1. The molecule has 0 unspecified atom stereocenters. The molecule has 3 N–H and O–H groups in total. The molecule has 0 atom stereocenters. The fraction of sp³-hybridized carbons (Fsp3) is 0.111. The van der Waals surface area contributed by atoms with Crippen molar-refractivity contribution in [1.29, 1.82) is 0 Å². The van der Waals surface area contributed by atoms with E-state index in [1.165, 1.54) is 35.5 Å². The van der Waals surface area contributed by atoms with Gasteiger partial charge in [-0.15, -0.1) is 11.3 Å². The summed E-state index contributed by atoms with van der Waals surface area (Å²) in [7, 11) is -2.57. The number of halogens is 2. The summed E-state index contributed by atoms with van der Waals surface area (Å²) in [5.74, 6) is -1.13. The second-order valence-electron chi connectivity index (χ2n) is 6.47. The zero-order valence-corrected chi connectivity index (χ0v) is 19.0. The standard InChI is InChI=1S/C18H14ClFN6O5S2/c1-21-12-5-13-10(4-11(12)20)16(27)26(8-31-13)9-6-22-17(23-7-9)24-18(28)25-33(29,30)15-3-2-14(19)32-15/h2-7,21H,8H2,1H3,(H2,22,23,24,25,28). The van der Waals surface area contributed by atoms with Crippen LogP contribution in [0.5, 0.6) is 5.75 Å². The number of ether oxygens (including phenoxy) is 1. The predicted molar refractivity (Wildman–Crippen MR) is 119 cm³/mol. The molecule has 0 spiro atoms. The first-order valence-electron chi connectivity index (χ1n) is 9.05. The molecule has 0 fully saturated rings. The van der Waals surface area contributed by atoms with Crippen LogP contribution in [0.1, 0.15) is 10.4 Å². The van der Waals surface area contributed by atoms with Crippen molar-refractivity contribution < 1.29 is 27.1 Å². The molecule has 0 aliphatic carbocycles. The summed E-state index contributed by atoms with van der Waals surface area (Å²) in [5, 5.41) is 4.85. The summed E-state index contributed by atoms with van der Waals surface area (Å²) in [4.78, 5) is 33.8. The molecule has 172 valence electrons. The molecule has 1 aliphatic rings. The van der Waals surface area contributed by atoms with E-state index in [4.69, 9.17) is 16.3 Å². The Morgan fingerprint density at radius 2 is 2.00 bits per heavy atom. The van der Waals surface area contributed by atoms with Crippen LogP contribution in [0.4, 0.5) is 26.5 Å². The predicted octanol–water partition coefficient (Wildman–Crippen LogP) is 2.88. The molecule has 2 aromatic heterocycles. The minimum atomic E-state index is -4.12. The fourth-order valence-corrected chi connectivity index (χ4v) is 5.22. The van der Waals surface area contributed by atoms with Crippen molar-refractivity contribution in [3.8, 4) is 5.75 Å². The van der Waals surface area contributed by atoms with Crippen LogP contribution in [0.3, 0.4) is 0 Å². The molecule has 11 nitrogen and oxygen atoms in total. The highest BCUT2D eigenvalue weighted by Crippen LogP contribution is 2.32. The van der Waals surface area contributed by atoms with Gasteiger partial charge in [0.15, 0.2) is 6.73 Å². The Bertz CT molecular complexity index is 1350. The van der Waals surface area contributed by atoms with Crippen molar-refractivity contribution in [2.24, 2.45) is 0 Å². The number of sulfonamides is 1. The van der Waals surface area contributed by atoms with Gasteiger partial charge in [0, 0.05) is 13.1 Å². The number of thiophene rings is 1. The summed E-state index contributed by atoms with van der Waals surface area (Å²) in [6.07, 6.45) is 2.45. The normalized spacial score (nSPS) is 13.2. The Kier molecular flexibility index (Phi) is 6.05. The molecule has 33 heavy (non-hydrogen) atoms. The van der Waals surface area contributed by atoms with Gasteiger partial charge in [-0.2, -0.15) is 0 Å². The van der Waals surface area contributed by atoms with Gasteiger partial charge in [-0.1, -0.05) is 11.6 Å². The number of hydrogen-bond donors (Lipinski definition) is 3. The first-order valence-corrected chi connectivity index (χ1v) is 11.7. The summed E-state index contributed by atoms with van der Waals surface area (Å²) in [5.41, 5.74) is 0.435. The van der Waals surface area contributed by atoms with E-state index in [-0.39, 0.29) is 43.9 Å². The van der Waals surface area contributed by atoms with Crippen molar-refractivity contribution in [3.05, 3.63) is 52.4 Å². The van der Waals surface area contributed by atoms with E-state index in [2.05, 4.69) is 20.6 Å². The highest BCUT2D eigenvalue weighted by molar-refractivity contribution is 7.92. The monoisotopic (exact) mass is 512 g/mol. The minimum Gasteiger partial charge on any atom is -0.472 e. The lowest BCUT2D eigenvalue weighted by Gasteiger charge is -2.28. The Morgan fingerprint density at radius 1 is 1.27 bits per heavy atom. The van der Waals surface area contributed by atoms with Crippen LogP contribution in [-0.4, -0.2) is 44.1 Å². The summed E-state index contributed by atoms with van der Waals surface area (Å²) in [6.45, 7) is -0.168. The Morgan fingerprint density at radius 3 is 2.64 bits per heavy atom. The van der Waals surface area contributed by atoms with Crippen molar-refractivity contribution in [1.82, 2.24) is 14.7 Å². The molecular weight excluding hydrogens is 499 g/mol. The molecular formula is C18H14ClFN6O5S2. The van der Waals surface area contributed by atoms with Crippen LogP contribution >= 0.6 is 22.9 Å². The second kappa shape index (κ2) is 8.80. The number of urea groups is 1. The van der Waals surface area contributed by atoms with Crippen LogP contribution in [0.25, 0.3) is 0 Å². The molecule has 0 saturated heterocycles. The van der Waals surface area contributed by atoms with Gasteiger partial charge in [0.25, 0.3) is 15.9 Å². The number of amides is 3. The van der Waals surface area contributed by atoms with Crippen molar-refractivity contribution >= 4 is 62.2 Å². The Labute approximate surface area is 195 Å². The first-order chi connectivity index (χ1) is 15.7. The van der Waals surface area contributed by atoms with Gasteiger partial charge in [-0.3, -0.25) is 15.0 Å². The third-order valence-corrected chi connectivity index (χ3v) is 7.43. The van der Waals surface area contributed by atoms with Gasteiger partial charge in [0.1, 0.15) is 15.8 Å². The van der Waals surface area contributed by atoms with E-state index in [9.17, 15) is 22.4 Å². The number of nitrogens with zero attached hydrogens (tertiary/aromatic N) is 3. The summed E-state index contributed by atoms with van der Waals surface area (Å²) >= 11 is 6.51. The van der Waals surface area contributed by atoms with E-state index in [0.29, 0.717) is 0 Å². The maximum Gasteiger partial charge on any atom is 0.335 e. The zero-order valence-electron chi connectivity index (χ0n) is 16.6. The van der Waals surface area contributed by atoms with Crippen molar-refractivity contribution in [2.75, 3.05) is 29.3 Å². The molecule has 0 saturated carbocycles. The van der Waals surface area contributed by atoms with Crippen LogP contribution in [-0.2, 0) is 10.0 Å². The van der Waals surface area contributed by atoms with Crippen LogP contribution < -0.4 is 25.0 Å². The van der Waals surface area contributed by atoms with Gasteiger partial charge in [0.2, 0.25) is 5.95 Å². The maximum absolute atomic E-state index is 14.1. The van der Waals surface area contributed by atoms with Crippen molar-refractivity contribution in [3.63, 3.8) is 0 Å². The molecule has 15 heteroatoms. The van der Waals surface area contributed by atoms with Crippen LogP contribution in [0, 0.1) is 5.82 Å². The van der Waals surface area contributed by atoms with Gasteiger partial charge < -0.3 is 10.1 Å². The first kappa shape index (κ1) is 22.7. The number of rotatable bonds is 5. The number of carbonyl (C=O) groups is 2. The molecule has 3 amide bonds. The van der Waals surface area contributed by atoms with Gasteiger partial charge in [-0.25, -0.2) is 32.3 Å². The third kappa shape index (κ3) is 4.67. The molecule has 0 bridgehead atoms. The zero-order chi connectivity index (χ0) is 23.8. The number of carbonyl (C=O) groups excluding carboxylic acids is 2. The number of benzene rings is 1. The van der Waals surface area contributed by atoms with Crippen LogP contribution in [0.2, 0.25) is 4.34 Å². The fourth-order valence-electron chi connectivity index (χ4n) is 2.83. The lowest BCUT2D eigenvalue weighted by molar-refractivity contribution is 0.0936. The minimum absolute atomic E-state index is 0.0261. The summed E-state index contributed by atoms with van der Waals surface area (Å²) < 4.78 is 45.9. The van der Waals surface area contributed by atoms with Crippen LogP contribution in [0.15, 0.2) is 40.9 Å². The smallest absolute Gasteiger partial charge is 0.335 e. The molecule has 1 aliphatic heterocycles. The highest BCUT2D eigenvalue weighted by atomic mass is 35.5. The average molecular weight is 513 g/mol. The number of anilines is 3. The summed E-state index contributed by atoms with van der Waals surface area (Å²) in [6, 6.07) is 4.01. The average Bonchev–Trinajstić information content (AvgIpc) is 3.22. The van der Waals surface area contributed by atoms with E-state index >= 15 is 0 Å². The highest BCUT2D eigenvalue weighted by Gasteiger charge is 2.29. The largest absolute Gasteiger partial charge is 0.472 e. The Balaban J connectivity index is 1.45. The lowest BCUT2D eigenvalue weighted by atomic mass is 10.1. The van der Waals surface area contributed by atoms with Gasteiger partial charge >= 0.3 is 6.03 Å². The number of aromatic nitrogens is 2. The van der Waals surface area contributed by atoms with E-state index in [1.807, 2.05) is 4.72 Å².